The maximum Gasteiger partial charge on any atom is 0.0916 e. The summed E-state index contributed by atoms with van der Waals surface area (Å²) in [6.45, 7) is 2.84. The molecule has 1 aliphatic heterocycles. The third-order valence-corrected chi connectivity index (χ3v) is 2.64. The predicted octanol–water partition coefficient (Wildman–Crippen LogP) is 1.27. The molecule has 1 saturated heterocycles. The zero-order valence-electron chi connectivity index (χ0n) is 7.23. The van der Waals surface area contributed by atoms with Gasteiger partial charge >= 0.3 is 0 Å². The smallest absolute Gasteiger partial charge is 0.0916 e. The van der Waals surface area contributed by atoms with E-state index in [1.807, 2.05) is 31.2 Å². The van der Waals surface area contributed by atoms with Crippen LogP contribution in [0.2, 0.25) is 0 Å². The fourth-order valence-electron chi connectivity index (χ4n) is 1.58. The highest BCUT2D eigenvalue weighted by Crippen LogP contribution is 2.32. The second-order valence-electron chi connectivity index (χ2n) is 3.68. The van der Waals surface area contributed by atoms with E-state index in [9.17, 15) is 5.11 Å². The summed E-state index contributed by atoms with van der Waals surface area (Å²) in [5.41, 5.74) is -0.671. The van der Waals surface area contributed by atoms with Crippen LogP contribution >= 0.6 is 0 Å². The highest BCUT2D eigenvalue weighted by Gasteiger charge is 2.38. The molecule has 2 nitrogen and oxygen atoms in total. The molecule has 0 spiro atoms. The molecule has 1 N–H and O–H groups in total. The Kier molecular flexibility index (Phi) is 1.81. The molecule has 1 heterocycles. The van der Waals surface area contributed by atoms with Crippen LogP contribution in [0.15, 0.2) is 24.3 Å². The van der Waals surface area contributed by atoms with Crippen molar-refractivity contribution in [2.24, 2.45) is 5.92 Å². The standard InChI is InChI=1S/C10H14O2/c1-8-4-2-3-5-10(8,11)6-9-7-12-9/h2-5,8-9,11H,6-7H2,1H3. The lowest BCUT2D eigenvalue weighted by molar-refractivity contribution is 0.0371. The Morgan fingerprint density at radius 3 is 2.92 bits per heavy atom. The van der Waals surface area contributed by atoms with Crippen molar-refractivity contribution in [1.29, 1.82) is 0 Å². The van der Waals surface area contributed by atoms with Gasteiger partial charge in [0.1, 0.15) is 0 Å². The minimum atomic E-state index is -0.671. The fraction of sp³-hybridized carbons (Fsp3) is 0.600. The molecule has 2 heteroatoms. The second kappa shape index (κ2) is 2.71. The number of hydrogen-bond donors (Lipinski definition) is 1. The number of allylic oxidation sites excluding steroid dienone is 2. The van der Waals surface area contributed by atoms with Crippen LogP contribution in [0.1, 0.15) is 13.3 Å². The molecule has 0 amide bonds. The SMILES string of the molecule is CC1C=CC=CC1(O)CC1CO1. The van der Waals surface area contributed by atoms with Crippen LogP contribution in [0.5, 0.6) is 0 Å². The van der Waals surface area contributed by atoms with E-state index in [1.165, 1.54) is 0 Å². The first-order valence-electron chi connectivity index (χ1n) is 4.41. The van der Waals surface area contributed by atoms with Crippen molar-refractivity contribution in [2.45, 2.75) is 25.0 Å². The minimum absolute atomic E-state index is 0.201. The van der Waals surface area contributed by atoms with Gasteiger partial charge in [0.2, 0.25) is 0 Å². The van der Waals surface area contributed by atoms with E-state index in [0.717, 1.165) is 13.0 Å². The summed E-state index contributed by atoms with van der Waals surface area (Å²) in [6, 6.07) is 0. The van der Waals surface area contributed by atoms with Crippen LogP contribution in [-0.2, 0) is 4.74 Å². The van der Waals surface area contributed by atoms with E-state index in [-0.39, 0.29) is 12.0 Å². The zero-order valence-corrected chi connectivity index (χ0v) is 7.23. The molecule has 0 bridgehead atoms. The van der Waals surface area contributed by atoms with Crippen molar-refractivity contribution in [2.75, 3.05) is 6.61 Å². The summed E-state index contributed by atoms with van der Waals surface area (Å²) in [5, 5.41) is 10.1. The van der Waals surface area contributed by atoms with E-state index in [2.05, 4.69) is 0 Å². The predicted molar refractivity (Wildman–Crippen MR) is 46.8 cm³/mol. The van der Waals surface area contributed by atoms with Crippen molar-refractivity contribution in [3.8, 4) is 0 Å². The third-order valence-electron chi connectivity index (χ3n) is 2.64. The van der Waals surface area contributed by atoms with E-state index >= 15 is 0 Å². The third kappa shape index (κ3) is 1.45. The highest BCUT2D eigenvalue weighted by molar-refractivity contribution is 5.21. The number of aliphatic hydroxyl groups is 1. The first-order valence-corrected chi connectivity index (χ1v) is 4.41. The summed E-state index contributed by atoms with van der Waals surface area (Å²) in [4.78, 5) is 0. The van der Waals surface area contributed by atoms with Gasteiger partial charge in [-0.3, -0.25) is 0 Å². The Morgan fingerprint density at radius 2 is 2.33 bits per heavy atom. The van der Waals surface area contributed by atoms with Gasteiger partial charge in [0, 0.05) is 12.3 Å². The lowest BCUT2D eigenvalue weighted by Crippen LogP contribution is -2.35. The highest BCUT2D eigenvalue weighted by atomic mass is 16.6. The lowest BCUT2D eigenvalue weighted by Gasteiger charge is -2.30. The molecule has 1 fully saturated rings. The van der Waals surface area contributed by atoms with Gasteiger partial charge in [-0.2, -0.15) is 0 Å². The van der Waals surface area contributed by atoms with Crippen molar-refractivity contribution < 1.29 is 9.84 Å². The Labute approximate surface area is 72.5 Å². The lowest BCUT2D eigenvalue weighted by atomic mass is 9.82. The van der Waals surface area contributed by atoms with Crippen LogP contribution in [-0.4, -0.2) is 23.4 Å². The molecular formula is C10H14O2. The molecule has 3 unspecified atom stereocenters. The van der Waals surface area contributed by atoms with Crippen LogP contribution in [0, 0.1) is 5.92 Å². The molecule has 66 valence electrons. The molecule has 0 saturated carbocycles. The van der Waals surface area contributed by atoms with Gasteiger partial charge in [0.05, 0.1) is 18.3 Å². The average Bonchev–Trinajstić information content (AvgIpc) is 2.79. The molecule has 0 aromatic heterocycles. The Bertz CT molecular complexity index is 228. The van der Waals surface area contributed by atoms with Gasteiger partial charge in [-0.1, -0.05) is 31.2 Å². The largest absolute Gasteiger partial charge is 0.385 e. The molecule has 0 aromatic rings. The molecule has 1 aliphatic carbocycles. The Morgan fingerprint density at radius 1 is 1.58 bits per heavy atom. The van der Waals surface area contributed by atoms with E-state index in [1.54, 1.807) is 0 Å². The first-order chi connectivity index (χ1) is 5.71. The van der Waals surface area contributed by atoms with Crippen molar-refractivity contribution >= 4 is 0 Å². The summed E-state index contributed by atoms with van der Waals surface area (Å²) >= 11 is 0. The molecule has 0 radical (unpaired) electrons. The van der Waals surface area contributed by atoms with Gasteiger partial charge in [-0.15, -0.1) is 0 Å². The maximum absolute atomic E-state index is 10.1. The summed E-state index contributed by atoms with van der Waals surface area (Å²) < 4.78 is 5.11. The van der Waals surface area contributed by atoms with Crippen LogP contribution in [0.3, 0.4) is 0 Å². The fourth-order valence-corrected chi connectivity index (χ4v) is 1.58. The van der Waals surface area contributed by atoms with Gasteiger partial charge in [-0.05, 0) is 0 Å². The molecule has 2 aliphatic rings. The van der Waals surface area contributed by atoms with Crippen LogP contribution in [0.25, 0.3) is 0 Å². The average molecular weight is 166 g/mol. The van der Waals surface area contributed by atoms with Crippen molar-refractivity contribution in [3.63, 3.8) is 0 Å². The van der Waals surface area contributed by atoms with Crippen molar-refractivity contribution in [3.05, 3.63) is 24.3 Å². The zero-order chi connectivity index (χ0) is 8.60. The number of epoxide rings is 1. The first kappa shape index (κ1) is 8.02. The van der Waals surface area contributed by atoms with Gasteiger partial charge in [-0.25, -0.2) is 0 Å². The van der Waals surface area contributed by atoms with Gasteiger partial charge in [0.15, 0.2) is 0 Å². The van der Waals surface area contributed by atoms with E-state index in [0.29, 0.717) is 0 Å². The van der Waals surface area contributed by atoms with Crippen LogP contribution in [0.4, 0.5) is 0 Å². The Balaban J connectivity index is 2.06. The van der Waals surface area contributed by atoms with Crippen LogP contribution < -0.4 is 0 Å². The molecular weight excluding hydrogens is 152 g/mol. The van der Waals surface area contributed by atoms with Crippen molar-refractivity contribution in [1.82, 2.24) is 0 Å². The summed E-state index contributed by atoms with van der Waals surface area (Å²) in [7, 11) is 0. The molecule has 12 heavy (non-hydrogen) atoms. The minimum Gasteiger partial charge on any atom is -0.385 e. The maximum atomic E-state index is 10.1. The quantitative estimate of drug-likeness (QED) is 0.626. The van der Waals surface area contributed by atoms with E-state index < -0.39 is 5.60 Å². The number of hydrogen-bond acceptors (Lipinski definition) is 2. The monoisotopic (exact) mass is 166 g/mol. The summed E-state index contributed by atoms with van der Waals surface area (Å²) in [5.74, 6) is 0.201. The molecule has 3 atom stereocenters. The Hall–Kier alpha value is -0.600. The molecule has 2 rings (SSSR count). The second-order valence-corrected chi connectivity index (χ2v) is 3.68. The van der Waals surface area contributed by atoms with Gasteiger partial charge in [0.25, 0.3) is 0 Å². The van der Waals surface area contributed by atoms with Gasteiger partial charge < -0.3 is 9.84 Å². The number of rotatable bonds is 2. The normalized spacial score (nSPS) is 44.8. The topological polar surface area (TPSA) is 32.8 Å². The van der Waals surface area contributed by atoms with E-state index in [4.69, 9.17) is 4.74 Å². The molecule has 0 aromatic carbocycles. The number of ether oxygens (including phenoxy) is 1. The summed E-state index contributed by atoms with van der Waals surface area (Å²) in [6.07, 6.45) is 8.81.